The molecule has 0 fully saturated rings. The zero-order valence-electron chi connectivity index (χ0n) is 7.83. The summed E-state index contributed by atoms with van der Waals surface area (Å²) in [6.45, 7) is 5.96. The summed E-state index contributed by atoms with van der Waals surface area (Å²) in [6, 6.07) is 8.05. The molecule has 0 spiro atoms. The van der Waals surface area contributed by atoms with Crippen molar-refractivity contribution in [3.05, 3.63) is 48.0 Å². The van der Waals surface area contributed by atoms with Gasteiger partial charge in [0.25, 0.3) is 0 Å². The van der Waals surface area contributed by atoms with Gasteiger partial charge in [0, 0.05) is 5.41 Å². The highest BCUT2D eigenvalue weighted by molar-refractivity contribution is 5.43. The fourth-order valence-corrected chi connectivity index (χ4v) is 2.12. The average molecular weight is 174 g/mol. The van der Waals surface area contributed by atoms with Crippen LogP contribution < -0.4 is 0 Å². The van der Waals surface area contributed by atoms with Gasteiger partial charge >= 0.3 is 0 Å². The number of aliphatic hydroxyl groups excluding tert-OH is 1. The molecule has 0 amide bonds. The van der Waals surface area contributed by atoms with Crippen LogP contribution in [0.3, 0.4) is 0 Å². The fourth-order valence-electron chi connectivity index (χ4n) is 2.12. The van der Waals surface area contributed by atoms with Crippen molar-refractivity contribution in [2.45, 2.75) is 24.9 Å². The van der Waals surface area contributed by atoms with Gasteiger partial charge in [0.1, 0.15) is 0 Å². The maximum atomic E-state index is 9.80. The zero-order valence-corrected chi connectivity index (χ0v) is 7.83. The second-order valence-corrected chi connectivity index (χ2v) is 3.93. The van der Waals surface area contributed by atoms with Gasteiger partial charge in [-0.2, -0.15) is 0 Å². The average Bonchev–Trinajstić information content (AvgIpc) is 2.42. The van der Waals surface area contributed by atoms with E-state index in [2.05, 4.69) is 19.6 Å². The quantitative estimate of drug-likeness (QED) is 0.649. The van der Waals surface area contributed by atoms with E-state index < -0.39 is 0 Å². The lowest BCUT2D eigenvalue weighted by molar-refractivity contribution is 0.166. The van der Waals surface area contributed by atoms with Crippen LogP contribution in [0.15, 0.2) is 36.9 Å². The molecular weight excluding hydrogens is 160 g/mol. The lowest BCUT2D eigenvalue weighted by atomic mass is 9.84. The molecule has 68 valence electrons. The molecule has 2 atom stereocenters. The molecule has 0 saturated heterocycles. The van der Waals surface area contributed by atoms with Crippen LogP contribution in [0.4, 0.5) is 0 Å². The first kappa shape index (κ1) is 8.52. The van der Waals surface area contributed by atoms with Crippen LogP contribution in [0.25, 0.3) is 0 Å². The van der Waals surface area contributed by atoms with Crippen molar-refractivity contribution in [2.75, 3.05) is 0 Å². The Morgan fingerprint density at radius 1 is 1.54 bits per heavy atom. The van der Waals surface area contributed by atoms with E-state index in [1.54, 1.807) is 0 Å². The second-order valence-electron chi connectivity index (χ2n) is 3.93. The third kappa shape index (κ3) is 1.11. The molecule has 0 aromatic heterocycles. The highest BCUT2D eigenvalue weighted by Gasteiger charge is 2.36. The van der Waals surface area contributed by atoms with Gasteiger partial charge < -0.3 is 5.11 Å². The van der Waals surface area contributed by atoms with Crippen molar-refractivity contribution < 1.29 is 5.11 Å². The summed E-state index contributed by atoms with van der Waals surface area (Å²) in [5, 5.41) is 9.80. The van der Waals surface area contributed by atoms with E-state index >= 15 is 0 Å². The summed E-state index contributed by atoms with van der Waals surface area (Å²) in [5.41, 5.74) is 2.23. The first-order valence-corrected chi connectivity index (χ1v) is 4.58. The van der Waals surface area contributed by atoms with Gasteiger partial charge in [-0.3, -0.25) is 0 Å². The number of allylic oxidation sites excluding steroid dienone is 1. The number of hydrogen-bond acceptors (Lipinski definition) is 1. The normalized spacial score (nSPS) is 31.4. The van der Waals surface area contributed by atoms with Gasteiger partial charge in [0.15, 0.2) is 0 Å². The number of rotatable bonds is 1. The van der Waals surface area contributed by atoms with E-state index in [0.717, 1.165) is 12.0 Å². The van der Waals surface area contributed by atoms with E-state index in [4.69, 9.17) is 0 Å². The van der Waals surface area contributed by atoms with Crippen LogP contribution in [0.5, 0.6) is 0 Å². The van der Waals surface area contributed by atoms with Crippen molar-refractivity contribution in [1.29, 1.82) is 0 Å². The summed E-state index contributed by atoms with van der Waals surface area (Å²) in [4.78, 5) is 0. The van der Waals surface area contributed by atoms with Crippen LogP contribution >= 0.6 is 0 Å². The Kier molecular flexibility index (Phi) is 1.77. The van der Waals surface area contributed by atoms with Crippen molar-refractivity contribution in [2.24, 2.45) is 0 Å². The van der Waals surface area contributed by atoms with Crippen LogP contribution in [0.2, 0.25) is 0 Å². The van der Waals surface area contributed by atoms with Crippen molar-refractivity contribution in [1.82, 2.24) is 0 Å². The maximum Gasteiger partial charge on any atom is 0.0804 e. The van der Waals surface area contributed by atoms with Gasteiger partial charge in [-0.05, 0) is 17.5 Å². The van der Waals surface area contributed by atoms with Crippen molar-refractivity contribution in [3.63, 3.8) is 0 Å². The SMILES string of the molecule is C=CC1(C)CC(O)c2ccccc21. The summed E-state index contributed by atoms with van der Waals surface area (Å²) in [7, 11) is 0. The number of benzene rings is 1. The molecular formula is C12H14O. The predicted molar refractivity (Wildman–Crippen MR) is 53.6 cm³/mol. The molecule has 0 saturated carbocycles. The highest BCUT2D eigenvalue weighted by Crippen LogP contribution is 2.45. The van der Waals surface area contributed by atoms with E-state index in [1.165, 1.54) is 5.56 Å². The summed E-state index contributed by atoms with van der Waals surface area (Å²) >= 11 is 0. The molecule has 0 heterocycles. The number of fused-ring (bicyclic) bond motifs is 1. The minimum Gasteiger partial charge on any atom is -0.388 e. The number of aliphatic hydroxyl groups is 1. The number of hydrogen-bond donors (Lipinski definition) is 1. The molecule has 0 radical (unpaired) electrons. The molecule has 1 aliphatic carbocycles. The summed E-state index contributed by atoms with van der Waals surface area (Å²) in [6.07, 6.45) is 2.37. The van der Waals surface area contributed by atoms with Crippen LogP contribution in [0.1, 0.15) is 30.6 Å². The molecule has 1 heteroatoms. The van der Waals surface area contributed by atoms with Crippen LogP contribution in [-0.4, -0.2) is 5.11 Å². The Balaban J connectivity index is 2.59. The van der Waals surface area contributed by atoms with Gasteiger partial charge in [-0.25, -0.2) is 0 Å². The summed E-state index contributed by atoms with van der Waals surface area (Å²) in [5.74, 6) is 0. The third-order valence-electron chi connectivity index (χ3n) is 3.00. The Hall–Kier alpha value is -1.08. The smallest absolute Gasteiger partial charge is 0.0804 e. The molecule has 0 aliphatic heterocycles. The molecule has 1 N–H and O–H groups in total. The van der Waals surface area contributed by atoms with Crippen LogP contribution in [-0.2, 0) is 5.41 Å². The Bertz CT molecular complexity index is 343. The molecule has 1 nitrogen and oxygen atoms in total. The molecule has 1 aromatic carbocycles. The summed E-state index contributed by atoms with van der Waals surface area (Å²) < 4.78 is 0. The zero-order chi connectivity index (χ0) is 9.47. The van der Waals surface area contributed by atoms with E-state index in [1.807, 2.05) is 24.3 Å². The third-order valence-corrected chi connectivity index (χ3v) is 3.00. The highest BCUT2D eigenvalue weighted by atomic mass is 16.3. The van der Waals surface area contributed by atoms with E-state index in [-0.39, 0.29) is 11.5 Å². The Morgan fingerprint density at radius 2 is 2.23 bits per heavy atom. The van der Waals surface area contributed by atoms with Crippen LogP contribution in [0, 0.1) is 0 Å². The molecule has 13 heavy (non-hydrogen) atoms. The first-order chi connectivity index (χ1) is 6.17. The largest absolute Gasteiger partial charge is 0.388 e. The topological polar surface area (TPSA) is 20.2 Å². The Labute approximate surface area is 78.7 Å². The lowest BCUT2D eigenvalue weighted by Gasteiger charge is -2.19. The minimum atomic E-state index is -0.320. The van der Waals surface area contributed by atoms with Gasteiger partial charge in [-0.15, -0.1) is 6.58 Å². The molecule has 0 bridgehead atoms. The van der Waals surface area contributed by atoms with Crippen molar-refractivity contribution in [3.8, 4) is 0 Å². The van der Waals surface area contributed by atoms with Crippen molar-refractivity contribution >= 4 is 0 Å². The molecule has 2 rings (SSSR count). The maximum absolute atomic E-state index is 9.80. The lowest BCUT2D eigenvalue weighted by Crippen LogP contribution is -2.13. The predicted octanol–water partition coefficient (Wildman–Crippen LogP) is 2.57. The minimum absolute atomic E-state index is 0.0456. The van der Waals surface area contributed by atoms with Gasteiger partial charge in [0.05, 0.1) is 6.10 Å². The fraction of sp³-hybridized carbons (Fsp3) is 0.333. The van der Waals surface area contributed by atoms with E-state index in [9.17, 15) is 5.11 Å². The monoisotopic (exact) mass is 174 g/mol. The van der Waals surface area contributed by atoms with Gasteiger partial charge in [0.2, 0.25) is 0 Å². The van der Waals surface area contributed by atoms with E-state index in [0.29, 0.717) is 0 Å². The second kappa shape index (κ2) is 2.71. The Morgan fingerprint density at radius 3 is 2.92 bits per heavy atom. The van der Waals surface area contributed by atoms with Gasteiger partial charge in [-0.1, -0.05) is 37.3 Å². The standard InChI is InChI=1S/C12H14O/c1-3-12(2)8-11(13)9-6-4-5-7-10(9)12/h3-7,11,13H,1,8H2,2H3. The molecule has 1 aliphatic rings. The molecule has 2 unspecified atom stereocenters. The first-order valence-electron chi connectivity index (χ1n) is 4.58. The molecule has 1 aromatic rings.